The van der Waals surface area contributed by atoms with Crippen molar-refractivity contribution >= 4 is 17.6 Å². The molecule has 82 valence electrons. The maximum Gasteiger partial charge on any atom is 0.338 e. The number of rotatable bonds is 3. The summed E-state index contributed by atoms with van der Waals surface area (Å²) in [6, 6.07) is 5.26. The quantitative estimate of drug-likeness (QED) is 0.738. The zero-order valence-electron chi connectivity index (χ0n) is 9.21. The lowest BCUT2D eigenvalue weighted by Gasteiger charge is -2.09. The van der Waals surface area contributed by atoms with Crippen molar-refractivity contribution in [3.8, 4) is 0 Å². The molecule has 0 aliphatic rings. The highest BCUT2D eigenvalue weighted by atomic mass is 35.5. The van der Waals surface area contributed by atoms with E-state index in [9.17, 15) is 4.79 Å². The van der Waals surface area contributed by atoms with E-state index in [1.807, 2.05) is 26.8 Å². The Morgan fingerprint density at radius 3 is 2.60 bits per heavy atom. The second-order valence-corrected chi connectivity index (χ2v) is 4.02. The van der Waals surface area contributed by atoms with Crippen LogP contribution in [0.5, 0.6) is 0 Å². The van der Waals surface area contributed by atoms with Crippen molar-refractivity contribution < 1.29 is 9.53 Å². The van der Waals surface area contributed by atoms with Gasteiger partial charge in [0.2, 0.25) is 0 Å². The minimum Gasteiger partial charge on any atom is -0.459 e. The topological polar surface area (TPSA) is 26.3 Å². The molecule has 0 N–H and O–H groups in total. The molecule has 15 heavy (non-hydrogen) atoms. The Balaban J connectivity index is 2.87. The van der Waals surface area contributed by atoms with Crippen LogP contribution in [0.4, 0.5) is 0 Å². The molecule has 0 radical (unpaired) electrons. The summed E-state index contributed by atoms with van der Waals surface area (Å²) in [4.78, 5) is 11.5. The Hall–Kier alpha value is -1.02. The van der Waals surface area contributed by atoms with Crippen molar-refractivity contribution in [3.63, 3.8) is 0 Å². The van der Waals surface area contributed by atoms with Crippen LogP contribution >= 0.6 is 11.6 Å². The minimum absolute atomic E-state index is 0.109. The molecule has 1 aromatic carbocycles. The standard InChI is InChI=1S/C12H15ClO2/c1-4-9-5-6-10(7-11(9)13)12(14)15-8(2)3/h5-8H,4H2,1-3H3. The van der Waals surface area contributed by atoms with Crippen LogP contribution in [0.15, 0.2) is 18.2 Å². The normalized spacial score (nSPS) is 10.5. The number of carbonyl (C=O) groups excluding carboxylic acids is 1. The molecule has 0 aliphatic carbocycles. The fraction of sp³-hybridized carbons (Fsp3) is 0.417. The van der Waals surface area contributed by atoms with E-state index in [0.717, 1.165) is 12.0 Å². The number of hydrogen-bond donors (Lipinski definition) is 0. The number of ether oxygens (including phenoxy) is 1. The first kappa shape index (κ1) is 12.1. The number of aryl methyl sites for hydroxylation is 1. The van der Waals surface area contributed by atoms with E-state index in [-0.39, 0.29) is 12.1 Å². The van der Waals surface area contributed by atoms with E-state index in [2.05, 4.69) is 0 Å². The predicted molar refractivity (Wildman–Crippen MR) is 61.4 cm³/mol. The summed E-state index contributed by atoms with van der Waals surface area (Å²) in [5.74, 6) is -0.324. The summed E-state index contributed by atoms with van der Waals surface area (Å²) >= 11 is 6.00. The second kappa shape index (κ2) is 5.17. The van der Waals surface area contributed by atoms with Gasteiger partial charge >= 0.3 is 5.97 Å². The number of benzene rings is 1. The zero-order valence-corrected chi connectivity index (χ0v) is 9.97. The molecule has 0 amide bonds. The van der Waals surface area contributed by atoms with Gasteiger partial charge in [0.15, 0.2) is 0 Å². The van der Waals surface area contributed by atoms with E-state index in [1.54, 1.807) is 12.1 Å². The van der Waals surface area contributed by atoms with E-state index in [4.69, 9.17) is 16.3 Å². The Morgan fingerprint density at radius 1 is 1.47 bits per heavy atom. The van der Waals surface area contributed by atoms with Gasteiger partial charge in [-0.25, -0.2) is 4.79 Å². The Morgan fingerprint density at radius 2 is 2.13 bits per heavy atom. The molecule has 0 saturated heterocycles. The van der Waals surface area contributed by atoms with Crippen molar-refractivity contribution in [1.82, 2.24) is 0 Å². The Labute approximate surface area is 95.2 Å². The predicted octanol–water partition coefficient (Wildman–Crippen LogP) is 3.47. The van der Waals surface area contributed by atoms with Crippen LogP contribution in [0.1, 0.15) is 36.7 Å². The van der Waals surface area contributed by atoms with E-state index >= 15 is 0 Å². The van der Waals surface area contributed by atoms with Gasteiger partial charge in [-0.2, -0.15) is 0 Å². The summed E-state index contributed by atoms with van der Waals surface area (Å²) in [5.41, 5.74) is 1.55. The van der Waals surface area contributed by atoms with Crippen LogP contribution in [0.25, 0.3) is 0 Å². The molecule has 1 rings (SSSR count). The molecule has 1 aromatic rings. The Kier molecular flexibility index (Phi) is 4.15. The van der Waals surface area contributed by atoms with Crippen molar-refractivity contribution in [1.29, 1.82) is 0 Å². The van der Waals surface area contributed by atoms with E-state index < -0.39 is 0 Å². The van der Waals surface area contributed by atoms with Crippen LogP contribution in [0, 0.1) is 0 Å². The maximum absolute atomic E-state index is 11.5. The van der Waals surface area contributed by atoms with Gasteiger partial charge in [-0.05, 0) is 38.0 Å². The van der Waals surface area contributed by atoms with Crippen molar-refractivity contribution in [2.24, 2.45) is 0 Å². The van der Waals surface area contributed by atoms with Gasteiger partial charge in [-0.15, -0.1) is 0 Å². The first-order valence-electron chi connectivity index (χ1n) is 5.04. The third kappa shape index (κ3) is 3.24. The first-order valence-corrected chi connectivity index (χ1v) is 5.41. The number of hydrogen-bond acceptors (Lipinski definition) is 2. The summed E-state index contributed by atoms with van der Waals surface area (Å²) in [7, 11) is 0. The van der Waals surface area contributed by atoms with Crippen LogP contribution in [-0.2, 0) is 11.2 Å². The number of carbonyl (C=O) groups is 1. The molecule has 0 aliphatic heterocycles. The average Bonchev–Trinajstić information content (AvgIpc) is 2.16. The molecule has 0 unspecified atom stereocenters. The van der Waals surface area contributed by atoms with Crippen LogP contribution in [0.3, 0.4) is 0 Å². The van der Waals surface area contributed by atoms with Gasteiger partial charge in [0.25, 0.3) is 0 Å². The minimum atomic E-state index is -0.324. The third-order valence-corrected chi connectivity index (χ3v) is 2.36. The SMILES string of the molecule is CCc1ccc(C(=O)OC(C)C)cc1Cl. The smallest absolute Gasteiger partial charge is 0.338 e. The maximum atomic E-state index is 11.5. The molecule has 0 fully saturated rings. The molecule has 2 nitrogen and oxygen atoms in total. The van der Waals surface area contributed by atoms with Gasteiger partial charge in [-0.3, -0.25) is 0 Å². The number of halogens is 1. The fourth-order valence-electron chi connectivity index (χ4n) is 1.24. The molecule has 0 bridgehead atoms. The highest BCUT2D eigenvalue weighted by Crippen LogP contribution is 2.19. The molecule has 0 aromatic heterocycles. The highest BCUT2D eigenvalue weighted by Gasteiger charge is 2.10. The number of esters is 1. The van der Waals surface area contributed by atoms with Crippen molar-refractivity contribution in [2.75, 3.05) is 0 Å². The van der Waals surface area contributed by atoms with Gasteiger partial charge < -0.3 is 4.74 Å². The van der Waals surface area contributed by atoms with Crippen LogP contribution in [-0.4, -0.2) is 12.1 Å². The lowest BCUT2D eigenvalue weighted by Crippen LogP contribution is -2.11. The lowest BCUT2D eigenvalue weighted by molar-refractivity contribution is 0.0378. The fourth-order valence-corrected chi connectivity index (χ4v) is 1.56. The van der Waals surface area contributed by atoms with Crippen LogP contribution < -0.4 is 0 Å². The molecular weight excluding hydrogens is 212 g/mol. The monoisotopic (exact) mass is 226 g/mol. The largest absolute Gasteiger partial charge is 0.459 e. The molecular formula is C12H15ClO2. The third-order valence-electron chi connectivity index (χ3n) is 2.01. The average molecular weight is 227 g/mol. The summed E-state index contributed by atoms with van der Waals surface area (Å²) < 4.78 is 5.07. The summed E-state index contributed by atoms with van der Waals surface area (Å²) in [6.07, 6.45) is 0.750. The summed E-state index contributed by atoms with van der Waals surface area (Å²) in [5, 5.41) is 0.621. The van der Waals surface area contributed by atoms with Gasteiger partial charge in [0.05, 0.1) is 11.7 Å². The van der Waals surface area contributed by atoms with Gasteiger partial charge in [0.1, 0.15) is 0 Å². The Bertz CT molecular complexity index is 359. The summed E-state index contributed by atoms with van der Waals surface area (Å²) in [6.45, 7) is 5.66. The highest BCUT2D eigenvalue weighted by molar-refractivity contribution is 6.31. The van der Waals surface area contributed by atoms with Gasteiger partial charge in [-0.1, -0.05) is 24.6 Å². The molecule has 0 atom stereocenters. The molecule has 3 heteroatoms. The van der Waals surface area contributed by atoms with Gasteiger partial charge in [0, 0.05) is 5.02 Å². The van der Waals surface area contributed by atoms with E-state index in [0.29, 0.717) is 10.6 Å². The first-order chi connectivity index (χ1) is 7.04. The van der Waals surface area contributed by atoms with Crippen LogP contribution in [0.2, 0.25) is 5.02 Å². The zero-order chi connectivity index (χ0) is 11.4. The second-order valence-electron chi connectivity index (χ2n) is 3.61. The van der Waals surface area contributed by atoms with Crippen molar-refractivity contribution in [2.45, 2.75) is 33.3 Å². The van der Waals surface area contributed by atoms with E-state index in [1.165, 1.54) is 0 Å². The van der Waals surface area contributed by atoms with Crippen molar-refractivity contribution in [3.05, 3.63) is 34.3 Å². The lowest BCUT2D eigenvalue weighted by atomic mass is 10.1. The molecule has 0 saturated carbocycles. The molecule has 0 heterocycles. The molecule has 0 spiro atoms.